The fourth-order valence-corrected chi connectivity index (χ4v) is 3.64. The number of likely N-dealkylation sites (N-methyl/N-ethyl adjacent to an activating group) is 1. The summed E-state index contributed by atoms with van der Waals surface area (Å²) in [6, 6.07) is 14.3. The average molecular weight is 375 g/mol. The van der Waals surface area contributed by atoms with Gasteiger partial charge in [0, 0.05) is 12.2 Å². The highest BCUT2D eigenvalue weighted by Crippen LogP contribution is 2.18. The molecule has 0 aliphatic carbocycles. The Kier molecular flexibility index (Phi) is 6.56. The molecule has 0 saturated carbocycles. The van der Waals surface area contributed by atoms with Crippen molar-refractivity contribution >= 4 is 21.6 Å². The van der Waals surface area contributed by atoms with Gasteiger partial charge in [0.25, 0.3) is 0 Å². The van der Waals surface area contributed by atoms with E-state index in [0.717, 1.165) is 16.8 Å². The van der Waals surface area contributed by atoms with Crippen molar-refractivity contribution in [1.82, 2.24) is 4.72 Å². The Morgan fingerprint density at radius 2 is 1.77 bits per heavy atom. The molecule has 0 heterocycles. The van der Waals surface area contributed by atoms with Crippen LogP contribution in [0.5, 0.6) is 0 Å². The third-order valence-corrected chi connectivity index (χ3v) is 5.62. The van der Waals surface area contributed by atoms with E-state index in [4.69, 9.17) is 0 Å². The van der Waals surface area contributed by atoms with Crippen LogP contribution in [0, 0.1) is 6.92 Å². The maximum absolute atomic E-state index is 12.5. The summed E-state index contributed by atoms with van der Waals surface area (Å²) in [6.45, 7) is 8.09. The van der Waals surface area contributed by atoms with Gasteiger partial charge in [-0.1, -0.05) is 38.1 Å². The Morgan fingerprint density at radius 3 is 2.31 bits per heavy atom. The van der Waals surface area contributed by atoms with E-state index in [0.29, 0.717) is 12.5 Å². The van der Waals surface area contributed by atoms with Gasteiger partial charge in [0.15, 0.2) is 0 Å². The molecule has 6 heteroatoms. The van der Waals surface area contributed by atoms with Gasteiger partial charge in [-0.25, -0.2) is 13.1 Å². The lowest BCUT2D eigenvalue weighted by molar-refractivity contribution is -0.117. The fourth-order valence-electron chi connectivity index (χ4n) is 2.67. The van der Waals surface area contributed by atoms with Crippen LogP contribution in [0.1, 0.15) is 37.8 Å². The molecule has 0 bridgehead atoms. The molecular weight excluding hydrogens is 348 g/mol. The van der Waals surface area contributed by atoms with Crippen molar-refractivity contribution in [2.24, 2.45) is 0 Å². The van der Waals surface area contributed by atoms with Gasteiger partial charge in [-0.2, -0.15) is 0 Å². The minimum atomic E-state index is -3.73. The van der Waals surface area contributed by atoms with E-state index in [1.807, 2.05) is 52.0 Å². The van der Waals surface area contributed by atoms with Crippen molar-refractivity contribution in [3.8, 4) is 0 Å². The summed E-state index contributed by atoms with van der Waals surface area (Å²) in [5.41, 5.74) is 2.87. The Morgan fingerprint density at radius 1 is 1.12 bits per heavy atom. The van der Waals surface area contributed by atoms with Crippen molar-refractivity contribution < 1.29 is 13.2 Å². The number of sulfonamides is 1. The maximum atomic E-state index is 12.5. The first kappa shape index (κ1) is 20.1. The van der Waals surface area contributed by atoms with Crippen molar-refractivity contribution in [1.29, 1.82) is 0 Å². The lowest BCUT2D eigenvalue weighted by atomic mass is 10.0. The van der Waals surface area contributed by atoms with Gasteiger partial charge in [0.05, 0.1) is 11.4 Å². The number of nitrogens with one attached hydrogen (secondary N) is 1. The molecule has 2 aromatic rings. The third-order valence-electron chi connectivity index (χ3n) is 4.20. The number of nitrogens with zero attached hydrogens (tertiary/aromatic N) is 1. The lowest BCUT2D eigenvalue weighted by Gasteiger charge is -2.21. The molecule has 0 unspecified atom stereocenters. The number of aryl methyl sites for hydroxylation is 1. The molecule has 0 atom stereocenters. The molecule has 140 valence electrons. The third kappa shape index (κ3) is 4.93. The van der Waals surface area contributed by atoms with E-state index >= 15 is 0 Å². The number of carbonyl (C=O) groups excluding carboxylic acids is 1. The highest BCUT2D eigenvalue weighted by Gasteiger charge is 2.19. The smallest absolute Gasteiger partial charge is 0.242 e. The molecule has 0 fully saturated rings. The second-order valence-electron chi connectivity index (χ2n) is 6.53. The summed E-state index contributed by atoms with van der Waals surface area (Å²) in [5.74, 6) is 0.0363. The van der Waals surface area contributed by atoms with E-state index in [1.54, 1.807) is 29.2 Å². The van der Waals surface area contributed by atoms with E-state index in [9.17, 15) is 13.2 Å². The number of carbonyl (C=O) groups is 1. The topological polar surface area (TPSA) is 66.5 Å². The average Bonchev–Trinajstić information content (AvgIpc) is 2.61. The molecule has 0 aliphatic heterocycles. The zero-order valence-corrected chi connectivity index (χ0v) is 16.5. The summed E-state index contributed by atoms with van der Waals surface area (Å²) in [6.07, 6.45) is 0. The maximum Gasteiger partial charge on any atom is 0.242 e. The van der Waals surface area contributed by atoms with Crippen LogP contribution in [-0.2, 0) is 14.8 Å². The minimum absolute atomic E-state index is 0.160. The van der Waals surface area contributed by atoms with Crippen molar-refractivity contribution in [2.45, 2.75) is 38.5 Å². The normalized spacial score (nSPS) is 11.6. The first-order chi connectivity index (χ1) is 12.2. The Hall–Kier alpha value is -2.18. The van der Waals surface area contributed by atoms with Crippen LogP contribution < -0.4 is 9.62 Å². The largest absolute Gasteiger partial charge is 0.312 e. The van der Waals surface area contributed by atoms with Crippen molar-refractivity contribution in [3.05, 3.63) is 59.7 Å². The van der Waals surface area contributed by atoms with Gasteiger partial charge in [0.2, 0.25) is 15.9 Å². The number of hydrogen-bond donors (Lipinski definition) is 1. The van der Waals surface area contributed by atoms with Gasteiger partial charge < -0.3 is 4.90 Å². The van der Waals surface area contributed by atoms with E-state index < -0.39 is 10.0 Å². The quantitative estimate of drug-likeness (QED) is 0.807. The van der Waals surface area contributed by atoms with Crippen molar-refractivity contribution in [2.75, 3.05) is 18.0 Å². The predicted octanol–water partition coefficient (Wildman–Crippen LogP) is 3.45. The van der Waals surface area contributed by atoms with Crippen LogP contribution in [0.25, 0.3) is 0 Å². The highest BCUT2D eigenvalue weighted by atomic mass is 32.2. The second kappa shape index (κ2) is 8.47. The van der Waals surface area contributed by atoms with E-state index in [2.05, 4.69) is 4.72 Å². The molecule has 0 radical (unpaired) electrons. The summed E-state index contributed by atoms with van der Waals surface area (Å²) < 4.78 is 27.3. The van der Waals surface area contributed by atoms with Crippen LogP contribution in [0.3, 0.4) is 0 Å². The molecule has 0 aliphatic rings. The molecule has 1 amide bonds. The van der Waals surface area contributed by atoms with Crippen molar-refractivity contribution in [3.63, 3.8) is 0 Å². The number of anilines is 1. The van der Waals surface area contributed by atoms with Crippen LogP contribution in [0.4, 0.5) is 5.69 Å². The van der Waals surface area contributed by atoms with Crippen LogP contribution >= 0.6 is 0 Å². The monoisotopic (exact) mass is 374 g/mol. The molecule has 0 saturated heterocycles. The highest BCUT2D eigenvalue weighted by molar-refractivity contribution is 7.89. The van der Waals surface area contributed by atoms with Gasteiger partial charge in [-0.15, -0.1) is 0 Å². The van der Waals surface area contributed by atoms with E-state index in [1.165, 1.54) is 0 Å². The summed E-state index contributed by atoms with van der Waals surface area (Å²) in [7, 11) is -3.73. The standard InChI is InChI=1S/C20H26N2O3S/c1-5-22(18-8-6-7-16(4)13-18)20(23)14-21-26(24,25)19-11-9-17(10-12-19)15(2)3/h6-13,15,21H,5,14H2,1-4H3. The van der Waals surface area contributed by atoms with Crippen LogP contribution in [-0.4, -0.2) is 27.4 Å². The molecule has 5 nitrogen and oxygen atoms in total. The fraction of sp³-hybridized carbons (Fsp3) is 0.350. The second-order valence-corrected chi connectivity index (χ2v) is 8.29. The summed E-state index contributed by atoms with van der Waals surface area (Å²) in [4.78, 5) is 14.2. The molecule has 26 heavy (non-hydrogen) atoms. The van der Waals surface area contributed by atoms with Gasteiger partial charge in [-0.05, 0) is 55.2 Å². The number of hydrogen-bond acceptors (Lipinski definition) is 3. The Balaban J connectivity index is 2.09. The summed E-state index contributed by atoms with van der Waals surface area (Å²) >= 11 is 0. The zero-order valence-electron chi connectivity index (χ0n) is 15.7. The molecule has 2 rings (SSSR count). The first-order valence-electron chi connectivity index (χ1n) is 8.71. The molecule has 1 N–H and O–H groups in total. The molecule has 2 aromatic carbocycles. The SMILES string of the molecule is CCN(C(=O)CNS(=O)(=O)c1ccc(C(C)C)cc1)c1cccc(C)c1. The molecular formula is C20H26N2O3S. The molecule has 0 spiro atoms. The first-order valence-corrected chi connectivity index (χ1v) is 10.2. The zero-order chi connectivity index (χ0) is 19.3. The van der Waals surface area contributed by atoms with Crippen LogP contribution in [0.15, 0.2) is 53.4 Å². The van der Waals surface area contributed by atoms with Gasteiger partial charge in [-0.3, -0.25) is 4.79 Å². The van der Waals surface area contributed by atoms with E-state index in [-0.39, 0.29) is 17.3 Å². The molecule has 0 aromatic heterocycles. The predicted molar refractivity (Wildman–Crippen MR) is 105 cm³/mol. The minimum Gasteiger partial charge on any atom is -0.312 e. The number of rotatable bonds is 7. The Labute approximate surface area is 156 Å². The van der Waals surface area contributed by atoms with Gasteiger partial charge in [0.1, 0.15) is 0 Å². The number of amides is 1. The lowest BCUT2D eigenvalue weighted by Crippen LogP contribution is -2.40. The Bertz CT molecular complexity index is 859. The van der Waals surface area contributed by atoms with Crippen LogP contribution in [0.2, 0.25) is 0 Å². The number of benzene rings is 2. The summed E-state index contributed by atoms with van der Waals surface area (Å²) in [5, 5.41) is 0. The van der Waals surface area contributed by atoms with Gasteiger partial charge >= 0.3 is 0 Å².